The van der Waals surface area contributed by atoms with Crippen LogP contribution >= 0.6 is 0 Å². The van der Waals surface area contributed by atoms with Gasteiger partial charge in [0, 0.05) is 31.9 Å². The Balaban J connectivity index is 1.35. The molecule has 2 fully saturated rings. The minimum absolute atomic E-state index is 0.0114. The zero-order valence-electron chi connectivity index (χ0n) is 18.5. The number of anilines is 1. The zero-order chi connectivity index (χ0) is 22.6. The van der Waals surface area contributed by atoms with Crippen LogP contribution in [0, 0.1) is 12.8 Å². The first-order valence-corrected chi connectivity index (χ1v) is 12.6. The number of nitrogens with zero attached hydrogens (tertiary/aromatic N) is 2. The number of amides is 1. The normalized spacial score (nSPS) is 20.7. The molecule has 2 aliphatic rings. The molecule has 0 radical (unpaired) electrons. The highest BCUT2D eigenvalue weighted by Gasteiger charge is 2.28. The fourth-order valence-corrected chi connectivity index (χ4v) is 5.78. The van der Waals surface area contributed by atoms with Crippen molar-refractivity contribution in [3.8, 4) is 0 Å². The lowest BCUT2D eigenvalue weighted by atomic mass is 9.96. The highest BCUT2D eigenvalue weighted by Crippen LogP contribution is 2.23. The molecule has 4 rings (SSSR count). The van der Waals surface area contributed by atoms with E-state index in [0.29, 0.717) is 32.0 Å². The molecule has 0 saturated carbocycles. The van der Waals surface area contributed by atoms with Gasteiger partial charge in [0.25, 0.3) is 0 Å². The van der Waals surface area contributed by atoms with Crippen LogP contribution in [-0.4, -0.2) is 62.9 Å². The van der Waals surface area contributed by atoms with Gasteiger partial charge in [0.1, 0.15) is 0 Å². The van der Waals surface area contributed by atoms with E-state index in [2.05, 4.69) is 41.4 Å². The molecule has 172 valence electrons. The van der Waals surface area contributed by atoms with E-state index in [-0.39, 0.29) is 16.7 Å². The van der Waals surface area contributed by atoms with E-state index in [0.717, 1.165) is 32.5 Å². The van der Waals surface area contributed by atoms with Crippen molar-refractivity contribution in [2.45, 2.75) is 31.2 Å². The van der Waals surface area contributed by atoms with Gasteiger partial charge in [0.15, 0.2) is 0 Å². The Morgan fingerprint density at radius 1 is 1.09 bits per heavy atom. The van der Waals surface area contributed by atoms with Gasteiger partial charge in [-0.2, -0.15) is 4.31 Å². The fraction of sp³-hybridized carbons (Fsp3) is 0.458. The number of piperidine rings is 1. The summed E-state index contributed by atoms with van der Waals surface area (Å²) in [6, 6.07) is 14.9. The Hall–Kier alpha value is -2.26. The summed E-state index contributed by atoms with van der Waals surface area (Å²) in [6.07, 6.45) is 1.85. The lowest BCUT2D eigenvalue weighted by Gasteiger charge is -2.32. The summed E-state index contributed by atoms with van der Waals surface area (Å²) in [4.78, 5) is 15.4. The second-order valence-electron chi connectivity index (χ2n) is 8.59. The number of carbonyl (C=O) groups is 1. The summed E-state index contributed by atoms with van der Waals surface area (Å²) in [6.45, 7) is 6.20. The van der Waals surface area contributed by atoms with Crippen molar-refractivity contribution >= 4 is 21.6 Å². The third-order valence-electron chi connectivity index (χ3n) is 6.09. The van der Waals surface area contributed by atoms with Crippen LogP contribution in [0.5, 0.6) is 0 Å². The quantitative estimate of drug-likeness (QED) is 0.722. The van der Waals surface area contributed by atoms with Crippen molar-refractivity contribution in [3.05, 3.63) is 59.7 Å². The maximum atomic E-state index is 12.9. The predicted octanol–water partition coefficient (Wildman–Crippen LogP) is 2.87. The van der Waals surface area contributed by atoms with Crippen LogP contribution in [-0.2, 0) is 26.1 Å². The third kappa shape index (κ3) is 5.56. The topological polar surface area (TPSA) is 79.0 Å². The monoisotopic (exact) mass is 457 g/mol. The number of ether oxygens (including phenoxy) is 1. The molecule has 2 saturated heterocycles. The summed E-state index contributed by atoms with van der Waals surface area (Å²) in [5.41, 5.74) is 3.13. The van der Waals surface area contributed by atoms with Crippen LogP contribution < -0.4 is 5.32 Å². The first-order chi connectivity index (χ1) is 15.4. The molecule has 0 bridgehead atoms. The van der Waals surface area contributed by atoms with Crippen LogP contribution in [0.25, 0.3) is 0 Å². The van der Waals surface area contributed by atoms with Gasteiger partial charge in [-0.3, -0.25) is 9.69 Å². The molecule has 8 heteroatoms. The molecule has 1 unspecified atom stereocenters. The molecular formula is C24H31N3O4S. The molecule has 2 aliphatic heterocycles. The van der Waals surface area contributed by atoms with E-state index in [9.17, 15) is 13.2 Å². The van der Waals surface area contributed by atoms with Crippen molar-refractivity contribution in [2.75, 3.05) is 44.7 Å². The van der Waals surface area contributed by atoms with E-state index in [4.69, 9.17) is 4.74 Å². The molecule has 2 aromatic carbocycles. The Labute approximate surface area is 190 Å². The minimum Gasteiger partial charge on any atom is -0.379 e. The van der Waals surface area contributed by atoms with E-state index in [1.165, 1.54) is 15.4 Å². The molecule has 1 amide bonds. The highest BCUT2D eigenvalue weighted by atomic mass is 32.2. The van der Waals surface area contributed by atoms with Crippen molar-refractivity contribution in [3.63, 3.8) is 0 Å². The van der Waals surface area contributed by atoms with Gasteiger partial charge in [-0.05, 0) is 56.1 Å². The first-order valence-electron chi connectivity index (χ1n) is 11.2. The molecule has 0 aliphatic carbocycles. The van der Waals surface area contributed by atoms with Gasteiger partial charge >= 0.3 is 0 Å². The summed E-state index contributed by atoms with van der Waals surface area (Å²) in [7, 11) is -3.53. The molecule has 2 aromatic rings. The van der Waals surface area contributed by atoms with E-state index in [1.54, 1.807) is 24.3 Å². The maximum Gasteiger partial charge on any atom is 0.243 e. The number of carbonyl (C=O) groups excluding carboxylic acids is 1. The SMILES string of the molecule is Cc1cccc(CN2CCCC(C(=O)Nc3ccc(S(=O)(=O)N4CCOCC4)cc3)C2)c1. The van der Waals surface area contributed by atoms with Gasteiger partial charge in [-0.25, -0.2) is 8.42 Å². The summed E-state index contributed by atoms with van der Waals surface area (Å²) in [5, 5.41) is 2.97. The smallest absolute Gasteiger partial charge is 0.243 e. The van der Waals surface area contributed by atoms with Gasteiger partial charge in [-0.15, -0.1) is 0 Å². The summed E-state index contributed by atoms with van der Waals surface area (Å²) in [5.74, 6) is -0.0898. The van der Waals surface area contributed by atoms with Crippen LogP contribution in [0.1, 0.15) is 24.0 Å². The van der Waals surface area contributed by atoms with Crippen LogP contribution in [0.4, 0.5) is 5.69 Å². The zero-order valence-corrected chi connectivity index (χ0v) is 19.3. The average Bonchev–Trinajstić information content (AvgIpc) is 2.80. The minimum atomic E-state index is -3.53. The lowest BCUT2D eigenvalue weighted by molar-refractivity contribution is -0.121. The summed E-state index contributed by atoms with van der Waals surface area (Å²) >= 11 is 0. The molecule has 32 heavy (non-hydrogen) atoms. The number of nitrogens with one attached hydrogen (secondary N) is 1. The lowest BCUT2D eigenvalue weighted by Crippen LogP contribution is -2.40. The van der Waals surface area contributed by atoms with Crippen molar-refractivity contribution in [1.82, 2.24) is 9.21 Å². The second-order valence-corrected chi connectivity index (χ2v) is 10.5. The number of hydrogen-bond donors (Lipinski definition) is 1. The number of likely N-dealkylation sites (tertiary alicyclic amines) is 1. The highest BCUT2D eigenvalue weighted by molar-refractivity contribution is 7.89. The third-order valence-corrected chi connectivity index (χ3v) is 8.01. The Morgan fingerprint density at radius 2 is 1.84 bits per heavy atom. The molecule has 2 heterocycles. The van der Waals surface area contributed by atoms with Crippen molar-refractivity contribution in [2.24, 2.45) is 5.92 Å². The molecular weight excluding hydrogens is 426 g/mol. The van der Waals surface area contributed by atoms with Gasteiger partial charge in [-0.1, -0.05) is 29.8 Å². The Bertz CT molecular complexity index is 1030. The first kappa shape index (κ1) is 22.9. The van der Waals surface area contributed by atoms with Crippen LogP contribution in [0.3, 0.4) is 0 Å². The molecule has 0 aromatic heterocycles. The van der Waals surface area contributed by atoms with Gasteiger partial charge in [0.05, 0.1) is 24.0 Å². The van der Waals surface area contributed by atoms with Crippen LogP contribution in [0.2, 0.25) is 0 Å². The Morgan fingerprint density at radius 3 is 2.56 bits per heavy atom. The second kappa shape index (κ2) is 10.1. The van der Waals surface area contributed by atoms with E-state index >= 15 is 0 Å². The van der Waals surface area contributed by atoms with E-state index < -0.39 is 10.0 Å². The van der Waals surface area contributed by atoms with Crippen molar-refractivity contribution < 1.29 is 17.9 Å². The fourth-order valence-electron chi connectivity index (χ4n) is 4.37. The molecule has 0 spiro atoms. The standard InChI is InChI=1S/C24H31N3O4S/c1-19-4-2-5-20(16-19)17-26-11-3-6-21(18-26)24(28)25-22-7-9-23(10-8-22)32(29,30)27-12-14-31-15-13-27/h2,4-5,7-10,16,21H,3,6,11-15,17-18H2,1H3,(H,25,28). The van der Waals surface area contributed by atoms with Gasteiger partial charge < -0.3 is 10.1 Å². The summed E-state index contributed by atoms with van der Waals surface area (Å²) < 4.78 is 32.2. The van der Waals surface area contributed by atoms with Gasteiger partial charge in [0.2, 0.25) is 15.9 Å². The predicted molar refractivity (Wildman–Crippen MR) is 124 cm³/mol. The molecule has 1 N–H and O–H groups in total. The van der Waals surface area contributed by atoms with Crippen molar-refractivity contribution in [1.29, 1.82) is 0 Å². The number of aryl methyl sites for hydroxylation is 1. The largest absolute Gasteiger partial charge is 0.379 e. The molecule has 7 nitrogen and oxygen atoms in total. The van der Waals surface area contributed by atoms with E-state index in [1.807, 2.05) is 0 Å². The van der Waals surface area contributed by atoms with Crippen LogP contribution in [0.15, 0.2) is 53.4 Å². The number of benzene rings is 2. The number of sulfonamides is 1. The number of hydrogen-bond acceptors (Lipinski definition) is 5. The Kier molecular flexibility index (Phi) is 7.25. The average molecular weight is 458 g/mol. The molecule has 1 atom stereocenters. The maximum absolute atomic E-state index is 12.9. The number of rotatable bonds is 6. The number of morpholine rings is 1.